The van der Waals surface area contributed by atoms with E-state index in [1.165, 1.54) is 7.11 Å². The lowest BCUT2D eigenvalue weighted by atomic mass is 9.63. The molecule has 1 aromatic rings. The van der Waals surface area contributed by atoms with E-state index in [0.29, 0.717) is 0 Å². The fourth-order valence-corrected chi connectivity index (χ4v) is 2.51. The lowest BCUT2D eigenvalue weighted by molar-refractivity contribution is -0.142. The molecule has 0 saturated heterocycles. The standard InChI is InChI=1S/C15H19NO3/c1-11-5-3-6-12(9-11)15(7-4-8-15)14(18)16-10-13(17)19-2/h3,5-6,9H,4,7-8,10H2,1-2H3,(H,16,18). The number of carbonyl (C=O) groups excluding carboxylic acids is 2. The van der Waals surface area contributed by atoms with Gasteiger partial charge in [0, 0.05) is 0 Å². The summed E-state index contributed by atoms with van der Waals surface area (Å²) in [4.78, 5) is 23.5. The summed E-state index contributed by atoms with van der Waals surface area (Å²) in [6, 6.07) is 8.03. The molecule has 1 N–H and O–H groups in total. The van der Waals surface area contributed by atoms with Crippen molar-refractivity contribution in [2.45, 2.75) is 31.6 Å². The van der Waals surface area contributed by atoms with Crippen molar-refractivity contribution in [1.29, 1.82) is 0 Å². The van der Waals surface area contributed by atoms with E-state index in [2.05, 4.69) is 16.1 Å². The Kier molecular flexibility index (Phi) is 3.88. The average molecular weight is 261 g/mol. The number of carbonyl (C=O) groups is 2. The Morgan fingerprint density at radius 1 is 1.37 bits per heavy atom. The molecule has 0 aromatic heterocycles. The zero-order valence-corrected chi connectivity index (χ0v) is 11.4. The van der Waals surface area contributed by atoms with Gasteiger partial charge in [0.25, 0.3) is 0 Å². The molecule has 0 atom stereocenters. The third-order valence-corrected chi connectivity index (χ3v) is 3.83. The molecule has 1 amide bonds. The summed E-state index contributed by atoms with van der Waals surface area (Å²) in [5.41, 5.74) is 1.73. The van der Waals surface area contributed by atoms with Gasteiger partial charge in [0.15, 0.2) is 0 Å². The van der Waals surface area contributed by atoms with Crippen LogP contribution in [0.4, 0.5) is 0 Å². The van der Waals surface area contributed by atoms with Gasteiger partial charge in [0.1, 0.15) is 6.54 Å². The number of esters is 1. The number of benzene rings is 1. The largest absolute Gasteiger partial charge is 0.468 e. The molecule has 1 fully saturated rings. The van der Waals surface area contributed by atoms with Crippen molar-refractivity contribution < 1.29 is 14.3 Å². The Hall–Kier alpha value is -1.84. The number of rotatable bonds is 4. The molecule has 1 aromatic carbocycles. The predicted octanol–water partition coefficient (Wildman–Crippen LogP) is 1.71. The van der Waals surface area contributed by atoms with Gasteiger partial charge in [-0.05, 0) is 25.3 Å². The quantitative estimate of drug-likeness (QED) is 0.839. The van der Waals surface area contributed by atoms with Gasteiger partial charge in [0.05, 0.1) is 12.5 Å². The summed E-state index contributed by atoms with van der Waals surface area (Å²) in [5.74, 6) is -0.498. The first kappa shape index (κ1) is 13.6. The fraction of sp³-hybridized carbons (Fsp3) is 0.467. The van der Waals surface area contributed by atoms with Crippen molar-refractivity contribution in [3.05, 3.63) is 35.4 Å². The Morgan fingerprint density at radius 3 is 2.63 bits per heavy atom. The van der Waals surface area contributed by atoms with Crippen LogP contribution < -0.4 is 5.32 Å². The monoisotopic (exact) mass is 261 g/mol. The summed E-state index contributed by atoms with van der Waals surface area (Å²) < 4.78 is 4.54. The lowest BCUT2D eigenvalue weighted by Gasteiger charge is -2.40. The molecule has 19 heavy (non-hydrogen) atoms. The maximum atomic E-state index is 12.4. The first-order valence-electron chi connectivity index (χ1n) is 6.51. The van der Waals surface area contributed by atoms with Crippen LogP contribution in [0.25, 0.3) is 0 Å². The Labute approximate surface area is 113 Å². The molecule has 0 radical (unpaired) electrons. The number of aryl methyl sites for hydroxylation is 1. The Balaban J connectivity index is 2.14. The minimum Gasteiger partial charge on any atom is -0.468 e. The summed E-state index contributed by atoms with van der Waals surface area (Å²) in [5, 5.41) is 2.68. The smallest absolute Gasteiger partial charge is 0.325 e. The van der Waals surface area contributed by atoms with Crippen LogP contribution in [0.1, 0.15) is 30.4 Å². The molecule has 1 aliphatic carbocycles. The summed E-state index contributed by atoms with van der Waals surface area (Å²) in [6.45, 7) is 1.95. The van der Waals surface area contributed by atoms with E-state index in [-0.39, 0.29) is 12.5 Å². The molecule has 0 heterocycles. The molecule has 2 rings (SSSR count). The van der Waals surface area contributed by atoms with Gasteiger partial charge in [-0.2, -0.15) is 0 Å². The third-order valence-electron chi connectivity index (χ3n) is 3.83. The summed E-state index contributed by atoms with van der Waals surface area (Å²) in [7, 11) is 1.31. The first-order chi connectivity index (χ1) is 9.08. The van der Waals surface area contributed by atoms with Crippen molar-refractivity contribution in [2.75, 3.05) is 13.7 Å². The molecule has 4 nitrogen and oxygen atoms in total. The SMILES string of the molecule is COC(=O)CNC(=O)C1(c2cccc(C)c2)CCC1. The van der Waals surface area contributed by atoms with Crippen LogP contribution in [0, 0.1) is 6.92 Å². The maximum Gasteiger partial charge on any atom is 0.325 e. The predicted molar refractivity (Wildman–Crippen MR) is 71.7 cm³/mol. The molecule has 102 valence electrons. The molecule has 0 unspecified atom stereocenters. The van der Waals surface area contributed by atoms with E-state index >= 15 is 0 Å². The minimum atomic E-state index is -0.458. The number of hydrogen-bond donors (Lipinski definition) is 1. The molecular formula is C15H19NO3. The molecular weight excluding hydrogens is 242 g/mol. The second-order valence-electron chi connectivity index (χ2n) is 5.06. The van der Waals surface area contributed by atoms with Gasteiger partial charge in [-0.15, -0.1) is 0 Å². The highest BCUT2D eigenvalue weighted by Gasteiger charge is 2.45. The van der Waals surface area contributed by atoms with Crippen molar-refractivity contribution in [1.82, 2.24) is 5.32 Å². The number of hydrogen-bond acceptors (Lipinski definition) is 3. The van der Waals surface area contributed by atoms with Crippen molar-refractivity contribution in [2.24, 2.45) is 0 Å². The van der Waals surface area contributed by atoms with Crippen molar-refractivity contribution in [3.8, 4) is 0 Å². The second-order valence-corrected chi connectivity index (χ2v) is 5.06. The molecule has 0 bridgehead atoms. The second kappa shape index (κ2) is 5.43. The Bertz CT molecular complexity index is 492. The third kappa shape index (κ3) is 2.62. The molecule has 1 saturated carbocycles. The van der Waals surface area contributed by atoms with Crippen LogP contribution in [0.15, 0.2) is 24.3 Å². The zero-order chi connectivity index (χ0) is 13.9. The van der Waals surface area contributed by atoms with E-state index in [4.69, 9.17) is 0 Å². The first-order valence-corrected chi connectivity index (χ1v) is 6.51. The van der Waals surface area contributed by atoms with Gasteiger partial charge in [-0.1, -0.05) is 36.2 Å². The zero-order valence-electron chi connectivity index (χ0n) is 11.4. The summed E-state index contributed by atoms with van der Waals surface area (Å²) >= 11 is 0. The van der Waals surface area contributed by atoms with Crippen LogP contribution in [0.5, 0.6) is 0 Å². The van der Waals surface area contributed by atoms with Gasteiger partial charge < -0.3 is 10.1 Å². The van der Waals surface area contributed by atoms with Crippen LogP contribution >= 0.6 is 0 Å². The van der Waals surface area contributed by atoms with E-state index in [1.807, 2.05) is 25.1 Å². The van der Waals surface area contributed by atoms with Gasteiger partial charge in [-0.3, -0.25) is 9.59 Å². The van der Waals surface area contributed by atoms with Crippen molar-refractivity contribution in [3.63, 3.8) is 0 Å². The van der Waals surface area contributed by atoms with Gasteiger partial charge >= 0.3 is 5.97 Å². The highest BCUT2D eigenvalue weighted by Crippen LogP contribution is 2.44. The van der Waals surface area contributed by atoms with Crippen LogP contribution in [0.2, 0.25) is 0 Å². The van der Waals surface area contributed by atoms with E-state index < -0.39 is 11.4 Å². The van der Waals surface area contributed by atoms with Crippen LogP contribution in [-0.4, -0.2) is 25.5 Å². The maximum absolute atomic E-state index is 12.4. The van der Waals surface area contributed by atoms with Gasteiger partial charge in [0.2, 0.25) is 5.91 Å². The molecule has 0 spiro atoms. The number of amides is 1. The summed E-state index contributed by atoms with van der Waals surface area (Å²) in [6.07, 6.45) is 2.71. The Morgan fingerprint density at radius 2 is 2.11 bits per heavy atom. The van der Waals surface area contributed by atoms with Crippen LogP contribution in [-0.2, 0) is 19.7 Å². The topological polar surface area (TPSA) is 55.4 Å². The number of nitrogens with one attached hydrogen (secondary N) is 1. The highest BCUT2D eigenvalue weighted by molar-refractivity contribution is 5.91. The van der Waals surface area contributed by atoms with E-state index in [9.17, 15) is 9.59 Å². The molecule has 4 heteroatoms. The molecule has 1 aliphatic rings. The average Bonchev–Trinajstić information content (AvgIpc) is 2.34. The fourth-order valence-electron chi connectivity index (χ4n) is 2.51. The number of ether oxygens (including phenoxy) is 1. The number of methoxy groups -OCH3 is 1. The lowest BCUT2D eigenvalue weighted by Crippen LogP contribution is -2.50. The van der Waals surface area contributed by atoms with E-state index in [0.717, 1.165) is 30.4 Å². The van der Waals surface area contributed by atoms with Crippen molar-refractivity contribution >= 4 is 11.9 Å². The molecule has 0 aliphatic heterocycles. The van der Waals surface area contributed by atoms with Crippen LogP contribution in [0.3, 0.4) is 0 Å². The van der Waals surface area contributed by atoms with Gasteiger partial charge in [-0.25, -0.2) is 0 Å². The minimum absolute atomic E-state index is 0.0666. The van der Waals surface area contributed by atoms with E-state index in [1.54, 1.807) is 0 Å². The highest BCUT2D eigenvalue weighted by atomic mass is 16.5. The normalized spacial score (nSPS) is 16.3.